The largest absolute Gasteiger partial charge is 0.493 e. The minimum atomic E-state index is -0.875. The first-order valence-electron chi connectivity index (χ1n) is 5.81. The summed E-state index contributed by atoms with van der Waals surface area (Å²) in [7, 11) is 0. The summed E-state index contributed by atoms with van der Waals surface area (Å²) in [6, 6.07) is 5.29. The van der Waals surface area contributed by atoms with Crippen LogP contribution in [0.25, 0.3) is 11.1 Å². The van der Waals surface area contributed by atoms with Crippen molar-refractivity contribution in [2.75, 3.05) is 6.61 Å². The van der Waals surface area contributed by atoms with Crippen LogP contribution in [0.5, 0.6) is 5.75 Å². The van der Waals surface area contributed by atoms with Gasteiger partial charge in [0.15, 0.2) is 11.5 Å². The molecule has 0 radical (unpaired) electrons. The van der Waals surface area contributed by atoms with E-state index in [1.807, 2.05) is 13.8 Å². The topological polar surface area (TPSA) is 72.6 Å². The summed E-state index contributed by atoms with van der Waals surface area (Å²) in [4.78, 5) is 14.7. The maximum atomic E-state index is 10.4. The number of aliphatic carboxylic acids is 1. The first-order chi connectivity index (χ1) is 8.56. The molecule has 1 aromatic carbocycles. The Morgan fingerprint density at radius 1 is 1.50 bits per heavy atom. The van der Waals surface area contributed by atoms with Gasteiger partial charge in [0.2, 0.25) is 0 Å². The molecule has 5 heteroatoms. The molecule has 0 saturated heterocycles. The van der Waals surface area contributed by atoms with Crippen molar-refractivity contribution in [2.24, 2.45) is 0 Å². The lowest BCUT2D eigenvalue weighted by Crippen LogP contribution is -2.04. The number of hydrogen-bond donors (Lipinski definition) is 1. The number of nitrogens with zero attached hydrogens (tertiary/aromatic N) is 1. The van der Waals surface area contributed by atoms with Crippen LogP contribution in [0.3, 0.4) is 0 Å². The van der Waals surface area contributed by atoms with Gasteiger partial charge >= 0.3 is 5.97 Å². The average molecular weight is 249 g/mol. The second kappa shape index (κ2) is 5.08. The van der Waals surface area contributed by atoms with E-state index >= 15 is 0 Å². The fourth-order valence-corrected chi connectivity index (χ4v) is 1.52. The zero-order chi connectivity index (χ0) is 13.1. The zero-order valence-electron chi connectivity index (χ0n) is 10.3. The average Bonchev–Trinajstić information content (AvgIpc) is 2.71. The molecule has 1 N–H and O–H groups in total. The van der Waals surface area contributed by atoms with E-state index in [2.05, 4.69) is 4.98 Å². The van der Waals surface area contributed by atoms with E-state index in [9.17, 15) is 4.79 Å². The van der Waals surface area contributed by atoms with E-state index in [1.165, 1.54) is 0 Å². The van der Waals surface area contributed by atoms with Crippen LogP contribution in [-0.2, 0) is 4.79 Å². The number of aromatic nitrogens is 1. The zero-order valence-corrected chi connectivity index (χ0v) is 10.3. The Kier molecular flexibility index (Phi) is 3.50. The summed E-state index contributed by atoms with van der Waals surface area (Å²) < 4.78 is 10.9. The van der Waals surface area contributed by atoms with E-state index in [0.29, 0.717) is 17.2 Å². The molecule has 5 nitrogen and oxygen atoms in total. The highest BCUT2D eigenvalue weighted by Gasteiger charge is 2.10. The van der Waals surface area contributed by atoms with Crippen LogP contribution in [0.4, 0.5) is 0 Å². The van der Waals surface area contributed by atoms with Crippen molar-refractivity contribution >= 4 is 17.1 Å². The predicted octanol–water partition coefficient (Wildman–Crippen LogP) is 2.80. The van der Waals surface area contributed by atoms with Gasteiger partial charge in [0.05, 0.1) is 13.0 Å². The molecule has 0 aliphatic rings. The van der Waals surface area contributed by atoms with Crippen LogP contribution in [0, 0.1) is 0 Å². The van der Waals surface area contributed by atoms with Crippen LogP contribution < -0.4 is 4.74 Å². The van der Waals surface area contributed by atoms with Crippen LogP contribution in [0.15, 0.2) is 22.6 Å². The second-order valence-corrected chi connectivity index (χ2v) is 4.33. The molecule has 0 aliphatic carbocycles. The molecule has 1 heterocycles. The highest BCUT2D eigenvalue weighted by molar-refractivity contribution is 5.74. The monoisotopic (exact) mass is 249 g/mol. The van der Waals surface area contributed by atoms with Gasteiger partial charge in [-0.1, -0.05) is 13.8 Å². The Morgan fingerprint density at radius 3 is 2.94 bits per heavy atom. The molecule has 0 saturated carbocycles. The van der Waals surface area contributed by atoms with Gasteiger partial charge in [0.25, 0.3) is 0 Å². The highest BCUT2D eigenvalue weighted by Crippen LogP contribution is 2.24. The van der Waals surface area contributed by atoms with Gasteiger partial charge in [0.1, 0.15) is 11.3 Å². The Balaban J connectivity index is 2.14. The molecule has 2 aromatic rings. The van der Waals surface area contributed by atoms with E-state index < -0.39 is 5.97 Å². The van der Waals surface area contributed by atoms with Crippen molar-refractivity contribution in [3.05, 3.63) is 24.1 Å². The van der Waals surface area contributed by atoms with Gasteiger partial charge in [-0.15, -0.1) is 0 Å². The Labute approximate surface area is 104 Å². The molecule has 1 aromatic heterocycles. The van der Waals surface area contributed by atoms with Crippen molar-refractivity contribution < 1.29 is 19.1 Å². The SMILES string of the molecule is CC(C)c1nc2cc(OCCC(=O)O)ccc2o1. The number of carboxylic acid groups (broad SMARTS) is 1. The number of hydrogen-bond acceptors (Lipinski definition) is 4. The summed E-state index contributed by atoms with van der Waals surface area (Å²) in [5.41, 5.74) is 1.44. The van der Waals surface area contributed by atoms with E-state index in [4.69, 9.17) is 14.3 Å². The fraction of sp³-hybridized carbons (Fsp3) is 0.385. The lowest BCUT2D eigenvalue weighted by molar-refractivity contribution is -0.137. The summed E-state index contributed by atoms with van der Waals surface area (Å²) in [5.74, 6) is 0.647. The van der Waals surface area contributed by atoms with Crippen molar-refractivity contribution in [3.8, 4) is 5.75 Å². The maximum Gasteiger partial charge on any atom is 0.306 e. The highest BCUT2D eigenvalue weighted by atomic mass is 16.5. The number of fused-ring (bicyclic) bond motifs is 1. The van der Waals surface area contributed by atoms with E-state index in [0.717, 1.165) is 5.52 Å². The van der Waals surface area contributed by atoms with Gasteiger partial charge in [-0.2, -0.15) is 0 Å². The number of rotatable bonds is 5. The van der Waals surface area contributed by atoms with Crippen molar-refractivity contribution in [3.63, 3.8) is 0 Å². The van der Waals surface area contributed by atoms with Gasteiger partial charge in [-0.25, -0.2) is 4.98 Å². The number of oxazole rings is 1. The number of carbonyl (C=O) groups is 1. The van der Waals surface area contributed by atoms with E-state index in [1.54, 1.807) is 18.2 Å². The first kappa shape index (κ1) is 12.4. The summed E-state index contributed by atoms with van der Waals surface area (Å²) in [6.45, 7) is 4.17. The van der Waals surface area contributed by atoms with Crippen molar-refractivity contribution in [1.82, 2.24) is 4.98 Å². The Hall–Kier alpha value is -2.04. The summed E-state index contributed by atoms with van der Waals surface area (Å²) in [5, 5.41) is 8.52. The van der Waals surface area contributed by atoms with Gasteiger partial charge < -0.3 is 14.3 Å². The molecular weight excluding hydrogens is 234 g/mol. The molecule has 0 atom stereocenters. The standard InChI is InChI=1S/C13H15NO4/c1-8(2)13-14-10-7-9(3-4-11(10)18-13)17-6-5-12(15)16/h3-4,7-8H,5-6H2,1-2H3,(H,15,16). The molecule has 0 unspecified atom stereocenters. The van der Waals surface area contributed by atoms with Crippen molar-refractivity contribution in [2.45, 2.75) is 26.2 Å². The first-order valence-corrected chi connectivity index (χ1v) is 5.81. The number of benzene rings is 1. The third-order valence-corrected chi connectivity index (χ3v) is 2.45. The molecule has 0 amide bonds. The fourth-order valence-electron chi connectivity index (χ4n) is 1.52. The number of carboxylic acids is 1. The summed E-state index contributed by atoms with van der Waals surface area (Å²) >= 11 is 0. The molecule has 0 bridgehead atoms. The molecule has 0 fully saturated rings. The minimum absolute atomic E-state index is 0.0197. The van der Waals surface area contributed by atoms with Gasteiger partial charge in [-0.3, -0.25) is 4.79 Å². The maximum absolute atomic E-state index is 10.4. The lowest BCUT2D eigenvalue weighted by atomic mass is 10.2. The Morgan fingerprint density at radius 2 is 2.28 bits per heavy atom. The molecule has 2 rings (SSSR count). The van der Waals surface area contributed by atoms with E-state index in [-0.39, 0.29) is 18.9 Å². The number of ether oxygens (including phenoxy) is 1. The third kappa shape index (κ3) is 2.80. The molecule has 0 aliphatic heterocycles. The minimum Gasteiger partial charge on any atom is -0.493 e. The predicted molar refractivity (Wildman–Crippen MR) is 65.8 cm³/mol. The second-order valence-electron chi connectivity index (χ2n) is 4.33. The molecular formula is C13H15NO4. The Bertz CT molecular complexity index is 559. The third-order valence-electron chi connectivity index (χ3n) is 2.45. The molecule has 18 heavy (non-hydrogen) atoms. The van der Waals surface area contributed by atoms with Crippen molar-refractivity contribution in [1.29, 1.82) is 0 Å². The van der Waals surface area contributed by atoms with Crippen LogP contribution in [-0.4, -0.2) is 22.7 Å². The smallest absolute Gasteiger partial charge is 0.306 e. The van der Waals surface area contributed by atoms with Crippen LogP contribution in [0.2, 0.25) is 0 Å². The normalized spacial score (nSPS) is 11.1. The van der Waals surface area contributed by atoms with Crippen LogP contribution in [0.1, 0.15) is 32.1 Å². The molecule has 0 spiro atoms. The lowest BCUT2D eigenvalue weighted by Gasteiger charge is -2.02. The van der Waals surface area contributed by atoms with Gasteiger partial charge in [-0.05, 0) is 12.1 Å². The summed E-state index contributed by atoms with van der Waals surface area (Å²) in [6.07, 6.45) is -0.0197. The quantitative estimate of drug-likeness (QED) is 0.882. The van der Waals surface area contributed by atoms with Crippen LogP contribution >= 0.6 is 0 Å². The van der Waals surface area contributed by atoms with Gasteiger partial charge in [0, 0.05) is 12.0 Å². The molecule has 96 valence electrons.